The van der Waals surface area contributed by atoms with Crippen LogP contribution in [0.3, 0.4) is 0 Å². The van der Waals surface area contributed by atoms with E-state index in [1.165, 1.54) is 41.3 Å². The molecule has 2 aromatic carbocycles. The molecule has 0 fully saturated rings. The smallest absolute Gasteiger partial charge is 0.341 e. The number of esters is 1. The Hall–Kier alpha value is -2.57. The van der Waals surface area contributed by atoms with Crippen LogP contribution in [0.15, 0.2) is 53.4 Å². The van der Waals surface area contributed by atoms with Crippen LogP contribution >= 0.6 is 23.1 Å². The number of thiophene rings is 1. The van der Waals surface area contributed by atoms with E-state index in [1.807, 2.05) is 50.2 Å². The average Bonchev–Trinajstić information content (AvgIpc) is 3.13. The predicted molar refractivity (Wildman–Crippen MR) is 124 cm³/mol. The van der Waals surface area contributed by atoms with Gasteiger partial charge in [-0.05, 0) is 55.5 Å². The molecule has 1 heterocycles. The van der Waals surface area contributed by atoms with Crippen molar-refractivity contribution >= 4 is 40.0 Å². The molecular formula is C24H23NO3S2. The van der Waals surface area contributed by atoms with Crippen molar-refractivity contribution < 1.29 is 14.3 Å². The fourth-order valence-corrected chi connectivity index (χ4v) is 5.80. The molecule has 0 saturated carbocycles. The molecule has 4 nitrogen and oxygen atoms in total. The topological polar surface area (TPSA) is 55.4 Å². The summed E-state index contributed by atoms with van der Waals surface area (Å²) >= 11 is 2.96. The van der Waals surface area contributed by atoms with E-state index in [-0.39, 0.29) is 11.2 Å². The molecule has 1 aliphatic carbocycles. The van der Waals surface area contributed by atoms with Crippen molar-refractivity contribution in [3.05, 3.63) is 70.8 Å². The summed E-state index contributed by atoms with van der Waals surface area (Å²) in [5.74, 6) is -0.529. The maximum absolute atomic E-state index is 12.9. The molecule has 0 bridgehead atoms. The zero-order chi connectivity index (χ0) is 21.3. The van der Waals surface area contributed by atoms with Crippen molar-refractivity contribution in [2.45, 2.75) is 36.8 Å². The van der Waals surface area contributed by atoms with Crippen LogP contribution in [0, 0.1) is 6.92 Å². The Morgan fingerprint density at radius 1 is 1.10 bits per heavy atom. The molecule has 30 heavy (non-hydrogen) atoms. The monoisotopic (exact) mass is 437 g/mol. The number of carbonyl (C=O) groups excluding carboxylic acids is 2. The molecule has 1 atom stereocenters. The van der Waals surface area contributed by atoms with Crippen LogP contribution in [0.1, 0.15) is 34.0 Å². The second-order valence-electron chi connectivity index (χ2n) is 7.32. The molecule has 6 heteroatoms. The summed E-state index contributed by atoms with van der Waals surface area (Å²) in [6.45, 7) is 3.91. The lowest BCUT2D eigenvalue weighted by Gasteiger charge is -2.16. The van der Waals surface area contributed by atoms with Crippen molar-refractivity contribution in [1.82, 2.24) is 0 Å². The molecule has 4 rings (SSSR count). The van der Waals surface area contributed by atoms with Crippen LogP contribution in [0.5, 0.6) is 0 Å². The minimum Gasteiger partial charge on any atom is -0.465 e. The highest BCUT2D eigenvalue weighted by molar-refractivity contribution is 8.00. The van der Waals surface area contributed by atoms with Crippen molar-refractivity contribution in [3.63, 3.8) is 0 Å². The fourth-order valence-electron chi connectivity index (χ4n) is 3.63. The third-order valence-corrected chi connectivity index (χ3v) is 7.54. The molecular weight excluding hydrogens is 414 g/mol. The number of carbonyl (C=O) groups is 2. The number of thioether (sulfide) groups is 1. The predicted octanol–water partition coefficient (Wildman–Crippen LogP) is 5.73. The lowest BCUT2D eigenvalue weighted by atomic mass is 9.89. The SMILES string of the molecule is COC(=O)c1c(NC(=O)C(C)Sc2ccc(C)cc2)sc2c1CCc1ccccc1-2. The number of rotatable bonds is 5. The first-order valence-corrected chi connectivity index (χ1v) is 11.5. The number of hydrogen-bond acceptors (Lipinski definition) is 5. The summed E-state index contributed by atoms with van der Waals surface area (Å²) < 4.78 is 5.05. The van der Waals surface area contributed by atoms with Gasteiger partial charge in [0.05, 0.1) is 17.9 Å². The highest BCUT2D eigenvalue weighted by Crippen LogP contribution is 2.45. The Morgan fingerprint density at radius 3 is 2.57 bits per heavy atom. The van der Waals surface area contributed by atoms with Gasteiger partial charge in [-0.15, -0.1) is 23.1 Å². The van der Waals surface area contributed by atoms with Crippen molar-refractivity contribution in [3.8, 4) is 10.4 Å². The van der Waals surface area contributed by atoms with E-state index in [0.717, 1.165) is 33.7 Å². The maximum Gasteiger partial charge on any atom is 0.341 e. The number of fused-ring (bicyclic) bond motifs is 3. The van der Waals surface area contributed by atoms with Gasteiger partial charge in [-0.25, -0.2) is 4.79 Å². The Morgan fingerprint density at radius 2 is 1.83 bits per heavy atom. The van der Waals surface area contributed by atoms with E-state index < -0.39 is 5.97 Å². The van der Waals surface area contributed by atoms with Gasteiger partial charge in [-0.3, -0.25) is 4.79 Å². The summed E-state index contributed by atoms with van der Waals surface area (Å²) in [6, 6.07) is 16.3. The first kappa shape index (κ1) is 20.7. The number of nitrogens with one attached hydrogen (secondary N) is 1. The van der Waals surface area contributed by atoms with Gasteiger partial charge in [0, 0.05) is 9.77 Å². The Balaban J connectivity index is 1.62. The minimum atomic E-state index is -0.402. The molecule has 0 radical (unpaired) electrons. The molecule has 1 N–H and O–H groups in total. The highest BCUT2D eigenvalue weighted by atomic mass is 32.2. The number of benzene rings is 2. The molecule has 0 saturated heterocycles. The van der Waals surface area contributed by atoms with Crippen LogP contribution < -0.4 is 5.32 Å². The first-order chi connectivity index (χ1) is 14.5. The fraction of sp³-hybridized carbons (Fsp3) is 0.250. The zero-order valence-electron chi connectivity index (χ0n) is 17.2. The van der Waals surface area contributed by atoms with E-state index in [0.29, 0.717) is 10.6 Å². The van der Waals surface area contributed by atoms with Crippen LogP contribution in [0.4, 0.5) is 5.00 Å². The van der Waals surface area contributed by atoms with Crippen molar-refractivity contribution in [2.75, 3.05) is 12.4 Å². The standard InChI is InChI=1S/C24H23NO3S2/c1-14-8-11-17(12-9-14)29-15(2)22(26)25-23-20(24(27)28-3)19-13-10-16-6-4-5-7-18(16)21(19)30-23/h4-9,11-12,15H,10,13H2,1-3H3,(H,25,26). The van der Waals surface area contributed by atoms with Crippen LogP contribution in [0.25, 0.3) is 10.4 Å². The van der Waals surface area contributed by atoms with E-state index in [9.17, 15) is 9.59 Å². The molecule has 0 spiro atoms. The lowest BCUT2D eigenvalue weighted by molar-refractivity contribution is -0.115. The number of ether oxygens (including phenoxy) is 1. The number of hydrogen-bond donors (Lipinski definition) is 1. The Bertz CT molecular complexity index is 1100. The van der Waals surface area contributed by atoms with Crippen LogP contribution in [0.2, 0.25) is 0 Å². The molecule has 1 unspecified atom stereocenters. The molecule has 1 amide bonds. The molecule has 3 aromatic rings. The largest absolute Gasteiger partial charge is 0.465 e. The maximum atomic E-state index is 12.9. The average molecular weight is 438 g/mol. The van der Waals surface area contributed by atoms with Crippen molar-refractivity contribution in [2.24, 2.45) is 0 Å². The lowest BCUT2D eigenvalue weighted by Crippen LogP contribution is -2.23. The summed E-state index contributed by atoms with van der Waals surface area (Å²) in [7, 11) is 1.38. The number of aryl methyl sites for hydroxylation is 2. The summed E-state index contributed by atoms with van der Waals surface area (Å²) in [5.41, 5.74) is 5.05. The minimum absolute atomic E-state index is 0.127. The highest BCUT2D eigenvalue weighted by Gasteiger charge is 2.30. The molecule has 154 valence electrons. The summed E-state index contributed by atoms with van der Waals surface area (Å²) in [5, 5.41) is 3.28. The summed E-state index contributed by atoms with van der Waals surface area (Å²) in [6.07, 6.45) is 1.63. The second-order valence-corrected chi connectivity index (χ2v) is 9.76. The zero-order valence-corrected chi connectivity index (χ0v) is 18.8. The Kier molecular flexibility index (Phi) is 5.97. The van der Waals surface area contributed by atoms with Crippen molar-refractivity contribution in [1.29, 1.82) is 0 Å². The summed E-state index contributed by atoms with van der Waals surface area (Å²) in [4.78, 5) is 27.6. The van der Waals surface area contributed by atoms with Gasteiger partial charge < -0.3 is 10.1 Å². The van der Waals surface area contributed by atoms with Gasteiger partial charge in [0.1, 0.15) is 5.00 Å². The van der Waals surface area contributed by atoms with Gasteiger partial charge in [-0.1, -0.05) is 42.0 Å². The Labute approximate surface area is 184 Å². The van der Waals surface area contributed by atoms with E-state index in [2.05, 4.69) is 17.4 Å². The van der Waals surface area contributed by atoms with Gasteiger partial charge >= 0.3 is 5.97 Å². The third kappa shape index (κ3) is 4.02. The van der Waals surface area contributed by atoms with E-state index >= 15 is 0 Å². The van der Waals surface area contributed by atoms with Crippen LogP contribution in [-0.2, 0) is 22.4 Å². The number of anilines is 1. The van der Waals surface area contributed by atoms with E-state index in [4.69, 9.17) is 4.74 Å². The normalized spacial score (nSPS) is 13.2. The van der Waals surface area contributed by atoms with E-state index in [1.54, 1.807) is 0 Å². The second kappa shape index (κ2) is 8.66. The van der Waals surface area contributed by atoms with Gasteiger partial charge in [-0.2, -0.15) is 0 Å². The quantitative estimate of drug-likeness (QED) is 0.409. The van der Waals surface area contributed by atoms with Gasteiger partial charge in [0.15, 0.2) is 0 Å². The molecule has 0 aliphatic heterocycles. The third-order valence-electron chi connectivity index (χ3n) is 5.24. The van der Waals surface area contributed by atoms with Crippen LogP contribution in [-0.4, -0.2) is 24.2 Å². The molecule has 1 aromatic heterocycles. The molecule has 1 aliphatic rings. The van der Waals surface area contributed by atoms with Gasteiger partial charge in [0.25, 0.3) is 0 Å². The number of amides is 1. The number of methoxy groups -OCH3 is 1. The first-order valence-electron chi connectivity index (χ1n) is 9.84. The van der Waals surface area contributed by atoms with Gasteiger partial charge in [0.2, 0.25) is 5.91 Å².